The highest BCUT2D eigenvalue weighted by atomic mass is 32.2. The van der Waals surface area contributed by atoms with Gasteiger partial charge in [-0.15, -0.1) is 0 Å². The van der Waals surface area contributed by atoms with Gasteiger partial charge >= 0.3 is 0 Å². The molecule has 0 radical (unpaired) electrons. The van der Waals surface area contributed by atoms with Gasteiger partial charge < -0.3 is 9.90 Å². The van der Waals surface area contributed by atoms with Crippen molar-refractivity contribution in [3.05, 3.63) is 89.1 Å². The summed E-state index contributed by atoms with van der Waals surface area (Å²) in [6, 6.07) is 19.1. The van der Waals surface area contributed by atoms with E-state index in [1.165, 1.54) is 11.1 Å². The zero-order valence-corrected chi connectivity index (χ0v) is 16.1. The molecule has 0 fully saturated rings. The lowest BCUT2D eigenvalue weighted by Crippen LogP contribution is -2.21. The minimum Gasteiger partial charge on any atom is -0.545 e. The molecule has 5 nitrogen and oxygen atoms in total. The van der Waals surface area contributed by atoms with Gasteiger partial charge in [-0.3, -0.25) is 4.57 Å². The number of benzene rings is 2. The Kier molecular flexibility index (Phi) is 5.12. The van der Waals surface area contributed by atoms with Crippen LogP contribution in [0.2, 0.25) is 0 Å². The molecule has 0 aliphatic rings. The number of carbonyl (C=O) groups excluding carboxylic acids is 1. The third kappa shape index (κ3) is 3.92. The van der Waals surface area contributed by atoms with Gasteiger partial charge in [-0.05, 0) is 35.7 Å². The Labute approximate surface area is 167 Å². The van der Waals surface area contributed by atoms with Gasteiger partial charge in [0.05, 0.1) is 12.5 Å². The van der Waals surface area contributed by atoms with Gasteiger partial charge in [0, 0.05) is 11.9 Å². The van der Waals surface area contributed by atoms with Gasteiger partial charge in [0.15, 0.2) is 10.8 Å². The fourth-order valence-electron chi connectivity index (χ4n) is 2.95. The van der Waals surface area contributed by atoms with Crippen molar-refractivity contribution in [3.8, 4) is 0 Å². The molecule has 2 aromatic carbocycles. The zero-order chi connectivity index (χ0) is 19.5. The number of aromatic nitrogens is 3. The van der Waals surface area contributed by atoms with Gasteiger partial charge in [0.25, 0.3) is 0 Å². The molecular weight excluding hydrogens is 370 g/mol. The summed E-state index contributed by atoms with van der Waals surface area (Å²) in [7, 11) is 0. The molecule has 0 unspecified atom stereocenters. The predicted molar refractivity (Wildman–Crippen MR) is 108 cm³/mol. The summed E-state index contributed by atoms with van der Waals surface area (Å²) < 4.78 is 2.13. The standard InChI is InChI=1S/C22H19N3O2S/c1-15-4-6-16(7-5-15)13-25-20-19(3-2-12-23-20)24-22(25)28-14-17-8-10-18(11-9-17)21(26)27/h2-12H,13-14H2,1H3,(H,26,27)/p-1. The summed E-state index contributed by atoms with van der Waals surface area (Å²) in [4.78, 5) is 20.2. The van der Waals surface area contributed by atoms with E-state index < -0.39 is 5.97 Å². The quantitative estimate of drug-likeness (QED) is 0.473. The van der Waals surface area contributed by atoms with Crippen LogP contribution < -0.4 is 5.11 Å². The molecule has 0 N–H and O–H groups in total. The third-order valence-corrected chi connectivity index (χ3v) is 5.54. The van der Waals surface area contributed by atoms with Crippen LogP contribution in [0.4, 0.5) is 0 Å². The molecule has 28 heavy (non-hydrogen) atoms. The van der Waals surface area contributed by atoms with Crippen LogP contribution in [0, 0.1) is 6.92 Å². The lowest BCUT2D eigenvalue weighted by molar-refractivity contribution is -0.255. The molecule has 140 valence electrons. The second-order valence-electron chi connectivity index (χ2n) is 6.59. The number of nitrogens with zero attached hydrogens (tertiary/aromatic N) is 3. The maximum atomic E-state index is 10.9. The molecule has 2 heterocycles. The second kappa shape index (κ2) is 7.86. The largest absolute Gasteiger partial charge is 0.545 e. The molecule has 0 spiro atoms. The van der Waals surface area contributed by atoms with E-state index in [1.807, 2.05) is 24.3 Å². The first-order chi connectivity index (χ1) is 13.6. The molecule has 4 rings (SSSR count). The van der Waals surface area contributed by atoms with Crippen LogP contribution in [0.25, 0.3) is 11.2 Å². The Morgan fingerprint density at radius 3 is 2.46 bits per heavy atom. The van der Waals surface area contributed by atoms with Crippen LogP contribution in [-0.2, 0) is 12.3 Å². The van der Waals surface area contributed by atoms with E-state index in [9.17, 15) is 9.90 Å². The number of aryl methyl sites for hydroxylation is 1. The van der Waals surface area contributed by atoms with Crippen molar-refractivity contribution in [1.29, 1.82) is 0 Å². The smallest absolute Gasteiger partial charge is 0.170 e. The van der Waals surface area contributed by atoms with Gasteiger partial charge in [-0.1, -0.05) is 65.9 Å². The van der Waals surface area contributed by atoms with Gasteiger partial charge in [0.1, 0.15) is 5.52 Å². The average molecular weight is 388 g/mol. The topological polar surface area (TPSA) is 70.8 Å². The molecule has 2 aromatic heterocycles. The fraction of sp³-hybridized carbons (Fsp3) is 0.136. The Morgan fingerprint density at radius 1 is 1.04 bits per heavy atom. The summed E-state index contributed by atoms with van der Waals surface area (Å²) in [6.07, 6.45) is 1.78. The first kappa shape index (κ1) is 18.3. The number of carboxylic acids is 1. The number of hydrogen-bond donors (Lipinski definition) is 0. The fourth-order valence-corrected chi connectivity index (χ4v) is 3.91. The average Bonchev–Trinajstić information content (AvgIpc) is 3.06. The maximum Gasteiger partial charge on any atom is 0.170 e. The molecule has 0 saturated carbocycles. The zero-order valence-electron chi connectivity index (χ0n) is 15.3. The van der Waals surface area contributed by atoms with Crippen molar-refractivity contribution < 1.29 is 9.90 Å². The van der Waals surface area contributed by atoms with E-state index in [0.29, 0.717) is 12.3 Å². The minimum atomic E-state index is -1.16. The lowest BCUT2D eigenvalue weighted by Gasteiger charge is -2.09. The van der Waals surface area contributed by atoms with Crippen LogP contribution >= 0.6 is 11.8 Å². The Balaban J connectivity index is 1.60. The third-order valence-electron chi connectivity index (χ3n) is 4.49. The van der Waals surface area contributed by atoms with E-state index in [1.54, 1.807) is 30.1 Å². The van der Waals surface area contributed by atoms with Crippen molar-refractivity contribution >= 4 is 28.9 Å². The van der Waals surface area contributed by atoms with Crippen molar-refractivity contribution in [2.45, 2.75) is 24.4 Å². The molecule has 6 heteroatoms. The second-order valence-corrected chi connectivity index (χ2v) is 7.53. The summed E-state index contributed by atoms with van der Waals surface area (Å²) >= 11 is 1.61. The van der Waals surface area contributed by atoms with Crippen LogP contribution in [0.1, 0.15) is 27.0 Å². The predicted octanol–water partition coefficient (Wildman–Crippen LogP) is 3.44. The van der Waals surface area contributed by atoms with Crippen LogP contribution in [0.15, 0.2) is 72.0 Å². The number of pyridine rings is 1. The number of aromatic carboxylic acids is 1. The van der Waals surface area contributed by atoms with E-state index in [0.717, 1.165) is 21.9 Å². The number of hydrogen-bond acceptors (Lipinski definition) is 5. The van der Waals surface area contributed by atoms with E-state index in [4.69, 9.17) is 4.98 Å². The van der Waals surface area contributed by atoms with Crippen molar-refractivity contribution in [3.63, 3.8) is 0 Å². The molecule has 0 atom stereocenters. The monoisotopic (exact) mass is 388 g/mol. The molecule has 0 aliphatic carbocycles. The number of fused-ring (bicyclic) bond motifs is 1. The highest BCUT2D eigenvalue weighted by Gasteiger charge is 2.13. The van der Waals surface area contributed by atoms with Gasteiger partial charge in [-0.2, -0.15) is 0 Å². The van der Waals surface area contributed by atoms with E-state index in [-0.39, 0.29) is 5.56 Å². The highest BCUT2D eigenvalue weighted by molar-refractivity contribution is 7.98. The summed E-state index contributed by atoms with van der Waals surface area (Å²) in [6.45, 7) is 2.77. The Bertz CT molecular complexity index is 1120. The SMILES string of the molecule is Cc1ccc(Cn2c(SCc3ccc(C(=O)[O-])cc3)nc3cccnc32)cc1. The first-order valence-corrected chi connectivity index (χ1v) is 9.88. The van der Waals surface area contributed by atoms with Crippen LogP contribution in [0.5, 0.6) is 0 Å². The number of carbonyl (C=O) groups is 1. The van der Waals surface area contributed by atoms with Crippen LogP contribution in [-0.4, -0.2) is 20.5 Å². The maximum absolute atomic E-state index is 10.9. The Hall–Kier alpha value is -3.12. The molecular formula is C22H18N3O2S-. The van der Waals surface area contributed by atoms with Crippen LogP contribution in [0.3, 0.4) is 0 Å². The first-order valence-electron chi connectivity index (χ1n) is 8.90. The van der Waals surface area contributed by atoms with Crippen molar-refractivity contribution in [1.82, 2.24) is 14.5 Å². The van der Waals surface area contributed by atoms with Crippen molar-refractivity contribution in [2.24, 2.45) is 0 Å². The number of rotatable bonds is 6. The van der Waals surface area contributed by atoms with Crippen molar-refractivity contribution in [2.75, 3.05) is 0 Å². The Morgan fingerprint density at radius 2 is 1.75 bits per heavy atom. The number of thioether (sulfide) groups is 1. The normalized spacial score (nSPS) is 11.0. The number of imidazole rings is 1. The lowest BCUT2D eigenvalue weighted by atomic mass is 10.1. The molecule has 0 saturated heterocycles. The van der Waals surface area contributed by atoms with E-state index >= 15 is 0 Å². The summed E-state index contributed by atoms with van der Waals surface area (Å²) in [5, 5.41) is 11.8. The molecule has 4 aromatic rings. The summed E-state index contributed by atoms with van der Waals surface area (Å²) in [5.41, 5.74) is 5.35. The summed E-state index contributed by atoms with van der Waals surface area (Å²) in [5.74, 6) is -0.477. The molecule has 0 bridgehead atoms. The number of carboxylic acid groups (broad SMARTS) is 1. The van der Waals surface area contributed by atoms with E-state index in [2.05, 4.69) is 40.7 Å². The van der Waals surface area contributed by atoms with Gasteiger partial charge in [0.2, 0.25) is 0 Å². The minimum absolute atomic E-state index is 0.185. The molecule has 0 amide bonds. The highest BCUT2D eigenvalue weighted by Crippen LogP contribution is 2.27. The molecule has 0 aliphatic heterocycles. The van der Waals surface area contributed by atoms with Gasteiger partial charge in [-0.25, -0.2) is 9.97 Å².